The van der Waals surface area contributed by atoms with Gasteiger partial charge in [0.15, 0.2) is 0 Å². The summed E-state index contributed by atoms with van der Waals surface area (Å²) in [7, 11) is 8.70. The molecule has 0 spiro atoms. The van der Waals surface area contributed by atoms with E-state index in [1.807, 2.05) is 18.7 Å². The van der Waals surface area contributed by atoms with Gasteiger partial charge in [0.2, 0.25) is 0 Å². The third-order valence-electron chi connectivity index (χ3n) is 3.51. The summed E-state index contributed by atoms with van der Waals surface area (Å²) in [6, 6.07) is 0. The molecule has 0 aromatic carbocycles. The van der Waals surface area contributed by atoms with Crippen LogP contribution in [0.15, 0.2) is 0 Å². The molecule has 1 N–H and O–H groups in total. The predicted molar refractivity (Wildman–Crippen MR) is 81.4 cm³/mol. The average molecular weight is 282 g/mol. The van der Waals surface area contributed by atoms with Crippen molar-refractivity contribution < 1.29 is 5.11 Å². The molecule has 0 saturated carbocycles. The fourth-order valence-electron chi connectivity index (χ4n) is 2.48. The van der Waals surface area contributed by atoms with E-state index < -0.39 is 11.2 Å². The molecule has 3 unspecified atom stereocenters. The molecule has 0 bridgehead atoms. The molecule has 1 aromatic heterocycles. The van der Waals surface area contributed by atoms with Gasteiger partial charge in [0.25, 0.3) is 0 Å². The van der Waals surface area contributed by atoms with Crippen LogP contribution in [-0.4, -0.2) is 39.3 Å². The second kappa shape index (κ2) is 5.56. The summed E-state index contributed by atoms with van der Waals surface area (Å²) in [5.41, 5.74) is 3.02. The zero-order valence-corrected chi connectivity index (χ0v) is 13.0. The van der Waals surface area contributed by atoms with Gasteiger partial charge in [-0.1, -0.05) is 6.92 Å². The van der Waals surface area contributed by atoms with Crippen LogP contribution in [0, 0.1) is 6.92 Å². The van der Waals surface area contributed by atoms with Crippen molar-refractivity contribution in [2.75, 3.05) is 11.5 Å². The molecule has 0 fully saturated rings. The van der Waals surface area contributed by atoms with Crippen molar-refractivity contribution in [2.45, 2.75) is 44.4 Å². The first kappa shape index (κ1) is 14.4. The van der Waals surface area contributed by atoms with E-state index in [0.29, 0.717) is 0 Å². The lowest BCUT2D eigenvalue weighted by atomic mass is 9.71. The van der Waals surface area contributed by atoms with Crippen molar-refractivity contribution in [3.63, 3.8) is 0 Å². The Hall–Kier alpha value is 0.0149. The molecular formula is C12H20BN2OPS. The Labute approximate surface area is 117 Å². The molecule has 0 aliphatic heterocycles. The second-order valence-electron chi connectivity index (χ2n) is 4.88. The maximum Gasteiger partial charge on any atom is 0.0843 e. The molecule has 98 valence electrons. The Morgan fingerprint density at radius 3 is 3.06 bits per heavy atom. The Morgan fingerprint density at radius 2 is 2.39 bits per heavy atom. The highest BCUT2D eigenvalue weighted by Crippen LogP contribution is 2.42. The standard InChI is InChI=1S/C12H20BN2OPS/c1-3-18-7-6-15-9-4-5-12(13,17)11(16)10(9)8(2)14-15/h11,16H,3-7,17H2,1-2H3. The fourth-order valence-corrected chi connectivity index (χ4v) is 3.38. The molecule has 3 nitrogen and oxygen atoms in total. The van der Waals surface area contributed by atoms with Crippen LogP contribution in [0.4, 0.5) is 0 Å². The molecular weight excluding hydrogens is 262 g/mol. The lowest BCUT2D eigenvalue weighted by Gasteiger charge is -2.35. The Balaban J connectivity index is 2.25. The van der Waals surface area contributed by atoms with Crippen molar-refractivity contribution in [1.82, 2.24) is 9.78 Å². The minimum absolute atomic E-state index is 0.607. The number of aromatic nitrogens is 2. The van der Waals surface area contributed by atoms with Crippen LogP contribution >= 0.6 is 21.0 Å². The first-order valence-corrected chi connectivity index (χ1v) is 8.10. The smallest absolute Gasteiger partial charge is 0.0843 e. The van der Waals surface area contributed by atoms with Crippen LogP contribution in [0.25, 0.3) is 0 Å². The normalized spacial score (nSPS) is 27.2. The van der Waals surface area contributed by atoms with Crippen LogP contribution in [0.3, 0.4) is 0 Å². The summed E-state index contributed by atoms with van der Waals surface area (Å²) in [5, 5.41) is 14.3. The number of thioether (sulfide) groups is 1. The minimum atomic E-state index is -0.626. The van der Waals surface area contributed by atoms with E-state index >= 15 is 0 Å². The number of aliphatic hydroxyl groups is 1. The van der Waals surface area contributed by atoms with E-state index in [4.69, 9.17) is 7.85 Å². The van der Waals surface area contributed by atoms with Crippen molar-refractivity contribution in [2.24, 2.45) is 0 Å². The Bertz CT molecular complexity index is 436. The second-order valence-corrected chi connectivity index (χ2v) is 7.35. The highest BCUT2D eigenvalue weighted by Gasteiger charge is 2.37. The number of nitrogens with zero attached hydrogens (tertiary/aromatic N) is 2. The number of aryl methyl sites for hydroxylation is 2. The van der Waals surface area contributed by atoms with Gasteiger partial charge in [-0.3, -0.25) is 4.68 Å². The predicted octanol–water partition coefficient (Wildman–Crippen LogP) is 1.66. The summed E-state index contributed by atoms with van der Waals surface area (Å²) in [6.45, 7) is 5.03. The van der Waals surface area contributed by atoms with E-state index in [9.17, 15) is 5.11 Å². The van der Waals surface area contributed by atoms with Crippen molar-refractivity contribution >= 4 is 28.8 Å². The van der Waals surface area contributed by atoms with E-state index in [-0.39, 0.29) is 0 Å². The first-order chi connectivity index (χ1) is 8.47. The highest BCUT2D eigenvalue weighted by molar-refractivity contribution is 7.99. The van der Waals surface area contributed by atoms with Crippen LogP contribution in [0.1, 0.15) is 36.4 Å². The summed E-state index contributed by atoms with van der Waals surface area (Å²) in [4.78, 5) is 0. The van der Waals surface area contributed by atoms with E-state index in [0.717, 1.165) is 42.1 Å². The van der Waals surface area contributed by atoms with E-state index in [2.05, 4.69) is 25.9 Å². The fraction of sp³-hybridized carbons (Fsp3) is 0.750. The van der Waals surface area contributed by atoms with Gasteiger partial charge >= 0.3 is 0 Å². The summed E-state index contributed by atoms with van der Waals surface area (Å²) >= 11 is 1.91. The van der Waals surface area contributed by atoms with Crippen molar-refractivity contribution in [3.05, 3.63) is 17.0 Å². The molecule has 1 aromatic rings. The Morgan fingerprint density at radius 1 is 1.67 bits per heavy atom. The largest absolute Gasteiger partial charge is 0.388 e. The van der Waals surface area contributed by atoms with Crippen LogP contribution in [-0.2, 0) is 13.0 Å². The molecule has 2 radical (unpaired) electrons. The third kappa shape index (κ3) is 2.64. The highest BCUT2D eigenvalue weighted by atomic mass is 32.2. The van der Waals surface area contributed by atoms with Gasteiger partial charge < -0.3 is 5.11 Å². The monoisotopic (exact) mass is 282 g/mol. The molecule has 1 aliphatic carbocycles. The van der Waals surface area contributed by atoms with Gasteiger partial charge in [0.05, 0.1) is 26.2 Å². The molecule has 6 heteroatoms. The van der Waals surface area contributed by atoms with Gasteiger partial charge in [-0.25, -0.2) is 0 Å². The molecule has 1 heterocycles. The molecule has 0 amide bonds. The summed E-state index contributed by atoms with van der Waals surface area (Å²) in [6.07, 6.45) is 1.04. The van der Waals surface area contributed by atoms with E-state index in [1.54, 1.807) is 0 Å². The number of rotatable bonds is 4. The zero-order valence-electron chi connectivity index (χ0n) is 11.0. The minimum Gasteiger partial charge on any atom is -0.388 e. The van der Waals surface area contributed by atoms with E-state index in [1.165, 1.54) is 5.69 Å². The number of aliphatic hydroxyl groups excluding tert-OH is 1. The average Bonchev–Trinajstić information content (AvgIpc) is 2.62. The SMILES string of the molecule is [B]C1(P)CCc2c(c(C)nn2CCSCC)C1O. The Kier molecular flexibility index (Phi) is 4.46. The van der Waals surface area contributed by atoms with Crippen LogP contribution in [0.2, 0.25) is 0 Å². The van der Waals surface area contributed by atoms with Crippen LogP contribution in [0.5, 0.6) is 0 Å². The zero-order chi connectivity index (χ0) is 13.3. The maximum atomic E-state index is 10.4. The van der Waals surface area contributed by atoms with Crippen molar-refractivity contribution in [1.29, 1.82) is 0 Å². The number of hydrogen-bond donors (Lipinski definition) is 1. The lowest BCUT2D eigenvalue weighted by Crippen LogP contribution is -2.35. The van der Waals surface area contributed by atoms with Gasteiger partial charge in [-0.2, -0.15) is 16.9 Å². The number of fused-ring (bicyclic) bond motifs is 1. The topological polar surface area (TPSA) is 38.0 Å². The molecule has 2 rings (SSSR count). The third-order valence-corrected chi connectivity index (χ3v) is 5.00. The van der Waals surface area contributed by atoms with Crippen molar-refractivity contribution in [3.8, 4) is 0 Å². The quantitative estimate of drug-likeness (QED) is 0.518. The number of hydrogen-bond acceptors (Lipinski definition) is 3. The molecule has 3 atom stereocenters. The lowest BCUT2D eigenvalue weighted by molar-refractivity contribution is 0.146. The first-order valence-electron chi connectivity index (χ1n) is 6.37. The van der Waals surface area contributed by atoms with Gasteiger partial charge in [0, 0.05) is 17.0 Å². The summed E-state index contributed by atoms with van der Waals surface area (Å²) in [5.74, 6) is 2.19. The summed E-state index contributed by atoms with van der Waals surface area (Å²) < 4.78 is 2.05. The molecule has 1 aliphatic rings. The van der Waals surface area contributed by atoms with Crippen LogP contribution < -0.4 is 0 Å². The van der Waals surface area contributed by atoms with Gasteiger partial charge in [0.1, 0.15) is 0 Å². The molecule has 18 heavy (non-hydrogen) atoms. The molecule has 0 saturated heterocycles. The maximum absolute atomic E-state index is 10.4. The van der Waals surface area contributed by atoms with Gasteiger partial charge in [-0.05, 0) is 30.6 Å². The van der Waals surface area contributed by atoms with Gasteiger partial charge in [-0.15, -0.1) is 9.24 Å².